The molecule has 0 aliphatic carbocycles. The number of ether oxygens (including phenoxy) is 1. The summed E-state index contributed by atoms with van der Waals surface area (Å²) in [5.41, 5.74) is 0. The highest BCUT2D eigenvalue weighted by Gasteiger charge is 1.90. The van der Waals surface area contributed by atoms with Crippen LogP contribution in [0.15, 0.2) is 0 Å². The fraction of sp³-hybridized carbons (Fsp3) is 1.00. The van der Waals surface area contributed by atoms with Crippen molar-refractivity contribution in [2.45, 2.75) is 6.92 Å². The molecule has 1 radical (unpaired) electrons. The van der Waals surface area contributed by atoms with Crippen LogP contribution < -0.4 is 0 Å². The summed E-state index contributed by atoms with van der Waals surface area (Å²) < 4.78 is 18.4. The predicted molar refractivity (Wildman–Crippen MR) is 27.4 cm³/mol. The Morgan fingerprint density at radius 1 is 1.75 bits per heavy atom. The van der Waals surface area contributed by atoms with E-state index in [1.54, 1.807) is 6.92 Å². The van der Waals surface area contributed by atoms with Crippen LogP contribution in [0.25, 0.3) is 0 Å². The minimum Gasteiger partial charge on any atom is -0.355 e. The van der Waals surface area contributed by atoms with E-state index in [1.807, 2.05) is 0 Å². The number of rotatable bonds is 4. The van der Waals surface area contributed by atoms with Gasteiger partial charge in [0.05, 0.1) is 0 Å². The maximum atomic E-state index is 9.72. The summed E-state index contributed by atoms with van der Waals surface area (Å²) in [6.45, 7) is 2.15. The Hall–Kier alpha value is -0.0200. The largest absolute Gasteiger partial charge is 0.368 e. The maximum absolute atomic E-state index is 9.72. The van der Waals surface area contributed by atoms with E-state index < -0.39 is 8.25 Å². The second-order valence-electron chi connectivity index (χ2n) is 0.978. The third kappa shape index (κ3) is 5.98. The molecule has 1 unspecified atom stereocenters. The van der Waals surface area contributed by atoms with Crippen LogP contribution >= 0.6 is 8.25 Å². The first kappa shape index (κ1) is 7.98. The lowest BCUT2D eigenvalue weighted by Gasteiger charge is -1.95. The van der Waals surface area contributed by atoms with E-state index in [4.69, 9.17) is 4.89 Å². The van der Waals surface area contributed by atoms with Crippen LogP contribution in [0.1, 0.15) is 6.92 Å². The van der Waals surface area contributed by atoms with Crippen LogP contribution in [0.2, 0.25) is 0 Å². The van der Waals surface area contributed by atoms with E-state index in [-0.39, 0.29) is 6.79 Å². The molecule has 0 saturated carbocycles. The van der Waals surface area contributed by atoms with Crippen molar-refractivity contribution in [1.82, 2.24) is 0 Å². The summed E-state index contributed by atoms with van der Waals surface area (Å²) in [5, 5.41) is 0. The molecular weight excluding hydrogens is 131 g/mol. The van der Waals surface area contributed by atoms with Gasteiger partial charge >= 0.3 is 8.25 Å². The molecular formula is C3H8O4P. The Bertz CT molecular complexity index is 73.7. The van der Waals surface area contributed by atoms with E-state index in [0.29, 0.717) is 6.61 Å². The summed E-state index contributed by atoms with van der Waals surface area (Å²) in [5.74, 6) is 0. The van der Waals surface area contributed by atoms with Crippen LogP contribution in [0.5, 0.6) is 0 Å². The first-order valence-corrected chi connectivity index (χ1v) is 3.27. The van der Waals surface area contributed by atoms with E-state index in [0.717, 1.165) is 0 Å². The Morgan fingerprint density at radius 2 is 2.38 bits per heavy atom. The summed E-state index contributed by atoms with van der Waals surface area (Å²) in [6.07, 6.45) is 0. The first-order chi connectivity index (χ1) is 3.77. The van der Waals surface area contributed by atoms with Gasteiger partial charge in [-0.1, -0.05) is 0 Å². The molecule has 1 atom stereocenters. The molecule has 0 aromatic rings. The molecule has 0 aromatic carbocycles. The van der Waals surface area contributed by atoms with Gasteiger partial charge in [0.2, 0.25) is 0 Å². The molecule has 0 fully saturated rings. The molecule has 0 saturated heterocycles. The van der Waals surface area contributed by atoms with Crippen molar-refractivity contribution in [3.63, 3.8) is 0 Å². The highest BCUT2D eigenvalue weighted by atomic mass is 31.1. The quantitative estimate of drug-likeness (QED) is 0.353. The van der Waals surface area contributed by atoms with E-state index in [1.165, 1.54) is 0 Å². The SMILES string of the molecule is CCOCO[P](=O)O. The van der Waals surface area contributed by atoms with Crippen molar-refractivity contribution < 1.29 is 18.7 Å². The van der Waals surface area contributed by atoms with E-state index in [2.05, 4.69) is 9.26 Å². The third-order valence-electron chi connectivity index (χ3n) is 0.451. The molecule has 0 aromatic heterocycles. The normalized spacial score (nSPS) is 11.5. The van der Waals surface area contributed by atoms with Gasteiger partial charge in [-0.05, 0) is 6.92 Å². The van der Waals surface area contributed by atoms with E-state index >= 15 is 0 Å². The van der Waals surface area contributed by atoms with Gasteiger partial charge < -0.3 is 4.74 Å². The molecule has 0 heterocycles. The van der Waals surface area contributed by atoms with Crippen molar-refractivity contribution in [2.24, 2.45) is 0 Å². The van der Waals surface area contributed by atoms with Crippen molar-refractivity contribution in [3.05, 3.63) is 0 Å². The van der Waals surface area contributed by atoms with Gasteiger partial charge in [0, 0.05) is 6.61 Å². The highest BCUT2D eigenvalue weighted by Crippen LogP contribution is 2.12. The topological polar surface area (TPSA) is 55.8 Å². The fourth-order valence-corrected chi connectivity index (χ4v) is 0.330. The lowest BCUT2D eigenvalue weighted by molar-refractivity contribution is 0.0209. The average molecular weight is 139 g/mol. The zero-order chi connectivity index (χ0) is 6.41. The van der Waals surface area contributed by atoms with Crippen LogP contribution in [0, 0.1) is 0 Å². The standard InChI is InChI=1S/C3H8O4P/c1-2-6-3-7-8(4)5/h2-3H2,1H3,(H,4,5). The molecule has 5 heteroatoms. The molecule has 0 bridgehead atoms. The van der Waals surface area contributed by atoms with Crippen LogP contribution in [0.3, 0.4) is 0 Å². The zero-order valence-corrected chi connectivity index (χ0v) is 5.43. The first-order valence-electron chi connectivity index (χ1n) is 2.14. The van der Waals surface area contributed by atoms with Gasteiger partial charge in [0.1, 0.15) is 0 Å². The zero-order valence-electron chi connectivity index (χ0n) is 4.53. The molecule has 49 valence electrons. The Kier molecular flexibility index (Phi) is 5.11. The minimum atomic E-state index is -2.49. The molecule has 0 rings (SSSR count). The summed E-state index contributed by atoms with van der Waals surface area (Å²) in [7, 11) is -2.49. The second kappa shape index (κ2) is 5.12. The molecule has 0 spiro atoms. The number of hydrogen-bond donors (Lipinski definition) is 1. The molecule has 4 nitrogen and oxygen atoms in total. The lowest BCUT2D eigenvalue weighted by Crippen LogP contribution is -1.92. The summed E-state index contributed by atoms with van der Waals surface area (Å²) in [6, 6.07) is 0. The van der Waals surface area contributed by atoms with Crippen molar-refractivity contribution >= 4 is 8.25 Å². The third-order valence-corrected chi connectivity index (χ3v) is 0.777. The lowest BCUT2D eigenvalue weighted by atomic mass is 10.9. The molecule has 8 heavy (non-hydrogen) atoms. The van der Waals surface area contributed by atoms with Crippen LogP contribution in [-0.2, 0) is 13.8 Å². The Labute approximate surface area is 48.4 Å². The maximum Gasteiger partial charge on any atom is 0.368 e. The van der Waals surface area contributed by atoms with E-state index in [9.17, 15) is 4.57 Å². The summed E-state index contributed by atoms with van der Waals surface area (Å²) >= 11 is 0. The van der Waals surface area contributed by atoms with Gasteiger partial charge in [-0.2, -0.15) is 0 Å². The predicted octanol–water partition coefficient (Wildman–Crippen LogP) is 0.647. The van der Waals surface area contributed by atoms with Crippen LogP contribution in [0.4, 0.5) is 0 Å². The van der Waals surface area contributed by atoms with Gasteiger partial charge in [0.25, 0.3) is 0 Å². The molecule has 1 N–H and O–H groups in total. The molecule has 0 aliphatic heterocycles. The van der Waals surface area contributed by atoms with Gasteiger partial charge in [-0.25, -0.2) is 4.57 Å². The molecule has 0 aliphatic rings. The fourth-order valence-electron chi connectivity index (χ4n) is 0.166. The Balaban J connectivity index is 2.82. The monoisotopic (exact) mass is 139 g/mol. The summed E-state index contributed by atoms with van der Waals surface area (Å²) in [4.78, 5) is 7.99. The van der Waals surface area contributed by atoms with Gasteiger partial charge in [-0.15, -0.1) is 0 Å². The van der Waals surface area contributed by atoms with Gasteiger partial charge in [0.15, 0.2) is 6.79 Å². The molecule has 0 amide bonds. The Morgan fingerprint density at radius 3 is 2.75 bits per heavy atom. The van der Waals surface area contributed by atoms with Crippen molar-refractivity contribution in [3.8, 4) is 0 Å². The van der Waals surface area contributed by atoms with Crippen LogP contribution in [-0.4, -0.2) is 18.3 Å². The number of hydrogen-bond acceptors (Lipinski definition) is 3. The van der Waals surface area contributed by atoms with Crippen molar-refractivity contribution in [2.75, 3.05) is 13.4 Å². The van der Waals surface area contributed by atoms with Gasteiger partial charge in [-0.3, -0.25) is 9.42 Å². The minimum absolute atomic E-state index is 0.109. The second-order valence-corrected chi connectivity index (χ2v) is 1.71. The smallest absolute Gasteiger partial charge is 0.355 e. The highest BCUT2D eigenvalue weighted by molar-refractivity contribution is 7.32. The average Bonchev–Trinajstić information content (AvgIpc) is 1.66. The van der Waals surface area contributed by atoms with Crippen molar-refractivity contribution in [1.29, 1.82) is 0 Å².